The third-order valence-electron chi connectivity index (χ3n) is 5.59. The molecule has 32 heavy (non-hydrogen) atoms. The van der Waals surface area contributed by atoms with Crippen molar-refractivity contribution in [2.75, 3.05) is 5.75 Å². The van der Waals surface area contributed by atoms with Gasteiger partial charge in [-0.3, -0.25) is 9.59 Å². The van der Waals surface area contributed by atoms with Crippen LogP contribution < -0.4 is 5.56 Å². The van der Waals surface area contributed by atoms with E-state index in [9.17, 15) is 9.59 Å². The van der Waals surface area contributed by atoms with Gasteiger partial charge in [0.25, 0.3) is 5.56 Å². The molecule has 0 atom stereocenters. The molecule has 164 valence electrons. The number of hydrogen-bond acceptors (Lipinski definition) is 4. The second-order valence-corrected chi connectivity index (χ2v) is 10.9. The first-order chi connectivity index (χ1) is 15.2. The molecule has 0 aliphatic heterocycles. The number of Topliss-reactive ketones (excluding diaryl/α,β-unsaturated/α-hetero) is 1. The lowest BCUT2D eigenvalue weighted by molar-refractivity contribution is 0.101. The van der Waals surface area contributed by atoms with Gasteiger partial charge in [0.2, 0.25) is 0 Å². The third-order valence-corrected chi connectivity index (χ3v) is 7.13. The van der Waals surface area contributed by atoms with Crippen molar-refractivity contribution in [3.05, 3.63) is 92.5 Å². The lowest BCUT2D eigenvalue weighted by Crippen LogP contribution is -2.39. The maximum absolute atomic E-state index is 13.5. The van der Waals surface area contributed by atoms with Crippen LogP contribution in [0.4, 0.5) is 0 Å². The Morgan fingerprint density at radius 3 is 2.56 bits per heavy atom. The average Bonchev–Trinajstić information content (AvgIpc) is 2.73. The van der Waals surface area contributed by atoms with E-state index in [4.69, 9.17) is 4.98 Å². The number of carbonyl (C=O) groups excluding carboxylic acids is 1. The van der Waals surface area contributed by atoms with Gasteiger partial charge < -0.3 is 4.57 Å². The summed E-state index contributed by atoms with van der Waals surface area (Å²) in [4.78, 5) is 32.3. The van der Waals surface area contributed by atoms with E-state index in [2.05, 4.69) is 42.4 Å². The highest BCUT2D eigenvalue weighted by atomic mass is 79.9. The van der Waals surface area contributed by atoms with Gasteiger partial charge in [-0.15, -0.1) is 11.8 Å². The van der Waals surface area contributed by atoms with E-state index >= 15 is 0 Å². The summed E-state index contributed by atoms with van der Waals surface area (Å²) in [6.45, 7) is 10.5. The predicted octanol–water partition coefficient (Wildman–Crippen LogP) is 6.06. The van der Waals surface area contributed by atoms with Gasteiger partial charge >= 0.3 is 0 Å². The molecule has 6 heteroatoms. The number of hydrogen-bond donors (Lipinski definition) is 0. The van der Waals surface area contributed by atoms with E-state index in [0.29, 0.717) is 6.54 Å². The number of carbonyl (C=O) groups is 1. The van der Waals surface area contributed by atoms with Gasteiger partial charge in [0.1, 0.15) is 0 Å². The van der Waals surface area contributed by atoms with Crippen LogP contribution in [0, 0.1) is 0 Å². The summed E-state index contributed by atoms with van der Waals surface area (Å²) >= 11 is 4.83. The molecule has 3 aromatic rings. The number of rotatable bonds is 6. The summed E-state index contributed by atoms with van der Waals surface area (Å²) in [6.07, 6.45) is 0.806. The summed E-state index contributed by atoms with van der Waals surface area (Å²) in [5.74, 6) is -0.108. The second kappa shape index (κ2) is 8.83. The third kappa shape index (κ3) is 4.39. The van der Waals surface area contributed by atoms with Crippen molar-refractivity contribution in [2.45, 2.75) is 44.0 Å². The van der Waals surface area contributed by atoms with Gasteiger partial charge in [-0.05, 0) is 43.2 Å². The molecule has 4 nitrogen and oxygen atoms in total. The summed E-state index contributed by atoms with van der Waals surface area (Å²) < 4.78 is 2.70. The van der Waals surface area contributed by atoms with Crippen molar-refractivity contribution in [1.82, 2.24) is 9.55 Å². The maximum atomic E-state index is 13.5. The minimum absolute atomic E-state index is 0.00196. The van der Waals surface area contributed by atoms with Crippen molar-refractivity contribution >= 4 is 33.5 Å². The van der Waals surface area contributed by atoms with Gasteiger partial charge in [-0.2, -0.15) is 0 Å². The van der Waals surface area contributed by atoms with Crippen LogP contribution in [0.2, 0.25) is 0 Å². The molecule has 4 rings (SSSR count). The van der Waals surface area contributed by atoms with E-state index in [1.54, 1.807) is 4.57 Å². The molecule has 0 spiro atoms. The zero-order chi connectivity index (χ0) is 23.0. The molecular formula is C26H25BrN2O2S. The average molecular weight is 509 g/mol. The molecule has 1 aliphatic carbocycles. The molecule has 0 bridgehead atoms. The molecule has 0 saturated heterocycles. The van der Waals surface area contributed by atoms with Crippen LogP contribution >= 0.6 is 27.7 Å². The first-order valence-electron chi connectivity index (χ1n) is 10.5. The van der Waals surface area contributed by atoms with E-state index in [-0.39, 0.29) is 28.2 Å². The minimum Gasteiger partial charge on any atom is -0.304 e. The topological polar surface area (TPSA) is 52.0 Å². The highest BCUT2D eigenvalue weighted by Crippen LogP contribution is 2.41. The Bertz CT molecular complexity index is 1280. The summed E-state index contributed by atoms with van der Waals surface area (Å²) in [5, 5.41) is 0. The van der Waals surface area contributed by atoms with Gasteiger partial charge in [0.15, 0.2) is 11.5 Å². The highest BCUT2D eigenvalue weighted by Gasteiger charge is 2.36. The van der Waals surface area contributed by atoms with Gasteiger partial charge in [-0.25, -0.2) is 4.98 Å². The van der Waals surface area contributed by atoms with Crippen LogP contribution in [0.15, 0.2) is 74.8 Å². The van der Waals surface area contributed by atoms with Crippen LogP contribution in [-0.2, 0) is 18.4 Å². The quantitative estimate of drug-likeness (QED) is 0.230. The van der Waals surface area contributed by atoms with Gasteiger partial charge in [-0.1, -0.05) is 66.2 Å². The molecule has 0 unspecified atom stereocenters. The highest BCUT2D eigenvalue weighted by molar-refractivity contribution is 9.10. The maximum Gasteiger partial charge on any atom is 0.280 e. The minimum atomic E-state index is -0.333. The first-order valence-corrected chi connectivity index (χ1v) is 12.2. The Morgan fingerprint density at radius 2 is 1.88 bits per heavy atom. The summed E-state index contributed by atoms with van der Waals surface area (Å²) in [7, 11) is 0. The fourth-order valence-corrected chi connectivity index (χ4v) is 5.29. The van der Waals surface area contributed by atoms with Crippen LogP contribution in [0.5, 0.6) is 0 Å². The standard InChI is InChI=1S/C26H25BrN2O2S/c1-16(2)14-29-24-22(20-8-6-5-7-17(20)13-26(24,3)4)28-23(25(29)31)21(30)15-32-19-11-9-18(27)10-12-19/h5-12H,1,13-15H2,2-4H3. The lowest BCUT2D eigenvalue weighted by atomic mass is 9.74. The Labute approximate surface area is 200 Å². The molecular weight excluding hydrogens is 484 g/mol. The molecule has 1 aliphatic rings. The lowest BCUT2D eigenvalue weighted by Gasteiger charge is -2.35. The van der Waals surface area contributed by atoms with Gasteiger partial charge in [0.05, 0.1) is 17.1 Å². The number of ketones is 1. The monoisotopic (exact) mass is 508 g/mol. The first kappa shape index (κ1) is 22.7. The predicted molar refractivity (Wildman–Crippen MR) is 135 cm³/mol. The van der Waals surface area contributed by atoms with Crippen LogP contribution in [0.25, 0.3) is 11.3 Å². The Kier molecular flexibility index (Phi) is 6.28. The number of thioether (sulfide) groups is 1. The zero-order valence-corrected chi connectivity index (χ0v) is 20.8. The van der Waals surface area contributed by atoms with Crippen molar-refractivity contribution < 1.29 is 4.79 Å². The van der Waals surface area contributed by atoms with Crippen molar-refractivity contribution in [3.8, 4) is 11.3 Å². The normalized spacial score (nSPS) is 13.9. The Morgan fingerprint density at radius 1 is 1.19 bits per heavy atom. The van der Waals surface area contributed by atoms with Crippen LogP contribution in [0.1, 0.15) is 42.5 Å². The van der Waals surface area contributed by atoms with E-state index in [1.165, 1.54) is 17.3 Å². The second-order valence-electron chi connectivity index (χ2n) is 8.89. The molecule has 1 aromatic heterocycles. The van der Waals surface area contributed by atoms with E-state index < -0.39 is 0 Å². The van der Waals surface area contributed by atoms with Crippen LogP contribution in [-0.4, -0.2) is 21.1 Å². The summed E-state index contributed by atoms with van der Waals surface area (Å²) in [5.41, 5.74) is 4.02. The number of nitrogens with zero attached hydrogens (tertiary/aromatic N) is 2. The number of allylic oxidation sites excluding steroid dienone is 1. The molecule has 0 amide bonds. The zero-order valence-electron chi connectivity index (χ0n) is 18.4. The molecule has 0 N–H and O–H groups in total. The van der Waals surface area contributed by atoms with Crippen molar-refractivity contribution in [2.24, 2.45) is 0 Å². The number of aromatic nitrogens is 2. The van der Waals surface area contributed by atoms with E-state index in [1.807, 2.05) is 49.4 Å². The molecule has 0 saturated carbocycles. The molecule has 1 heterocycles. The Hall–Kier alpha value is -2.44. The number of halogens is 1. The smallest absolute Gasteiger partial charge is 0.280 e. The fourth-order valence-electron chi connectivity index (χ4n) is 4.26. The Balaban J connectivity index is 1.82. The van der Waals surface area contributed by atoms with E-state index in [0.717, 1.165) is 38.3 Å². The molecule has 2 aromatic carbocycles. The van der Waals surface area contributed by atoms with Gasteiger partial charge in [0, 0.05) is 26.9 Å². The molecule has 0 radical (unpaired) electrons. The number of fused-ring (bicyclic) bond motifs is 3. The fraction of sp³-hybridized carbons (Fsp3) is 0.269. The molecule has 0 fully saturated rings. The van der Waals surface area contributed by atoms with Crippen molar-refractivity contribution in [1.29, 1.82) is 0 Å². The number of benzene rings is 2. The van der Waals surface area contributed by atoms with Crippen molar-refractivity contribution in [3.63, 3.8) is 0 Å². The SMILES string of the molecule is C=C(C)Cn1c2c(nc(C(=O)CSc3ccc(Br)cc3)c1=O)-c1ccccc1CC2(C)C. The van der Waals surface area contributed by atoms with Crippen LogP contribution in [0.3, 0.4) is 0 Å². The summed E-state index contributed by atoms with van der Waals surface area (Å²) in [6, 6.07) is 15.9. The largest absolute Gasteiger partial charge is 0.304 e.